The molecular formula is C22H31IN4O2. The molecule has 1 amide bonds. The lowest BCUT2D eigenvalue weighted by Gasteiger charge is -2.22. The summed E-state index contributed by atoms with van der Waals surface area (Å²) in [5, 5.41) is 6.26. The quantitative estimate of drug-likeness (QED) is 0.323. The second-order valence-electron chi connectivity index (χ2n) is 6.56. The van der Waals surface area contributed by atoms with Gasteiger partial charge in [-0.25, -0.2) is 0 Å². The summed E-state index contributed by atoms with van der Waals surface area (Å²) in [6.45, 7) is 4.04. The highest BCUT2D eigenvalue weighted by Crippen LogP contribution is 2.13. The molecule has 0 unspecified atom stereocenters. The van der Waals surface area contributed by atoms with Crippen molar-refractivity contribution in [2.45, 2.75) is 26.4 Å². The van der Waals surface area contributed by atoms with E-state index in [0.717, 1.165) is 30.2 Å². The molecule has 158 valence electrons. The Morgan fingerprint density at radius 1 is 1.10 bits per heavy atom. The van der Waals surface area contributed by atoms with Crippen LogP contribution in [0.5, 0.6) is 5.75 Å². The van der Waals surface area contributed by atoms with Gasteiger partial charge in [0.05, 0.1) is 7.11 Å². The molecule has 0 aromatic heterocycles. The first kappa shape index (κ1) is 24.7. The van der Waals surface area contributed by atoms with Crippen LogP contribution in [-0.2, 0) is 13.1 Å². The summed E-state index contributed by atoms with van der Waals surface area (Å²) in [6, 6.07) is 15.6. The van der Waals surface area contributed by atoms with Crippen molar-refractivity contribution in [3.05, 3.63) is 65.2 Å². The first-order chi connectivity index (χ1) is 13.6. The van der Waals surface area contributed by atoms with E-state index in [2.05, 4.69) is 20.5 Å². The van der Waals surface area contributed by atoms with Gasteiger partial charge in [-0.2, -0.15) is 0 Å². The van der Waals surface area contributed by atoms with Crippen LogP contribution in [0.25, 0.3) is 0 Å². The number of carbonyl (C=O) groups is 1. The van der Waals surface area contributed by atoms with Gasteiger partial charge in [-0.3, -0.25) is 9.79 Å². The smallest absolute Gasteiger partial charge is 0.251 e. The molecule has 6 nitrogen and oxygen atoms in total. The molecule has 0 radical (unpaired) electrons. The minimum absolute atomic E-state index is 0. The molecule has 2 rings (SSSR count). The molecule has 0 aliphatic heterocycles. The Bertz CT molecular complexity index is 794. The molecule has 0 saturated carbocycles. The van der Waals surface area contributed by atoms with E-state index < -0.39 is 0 Å². The van der Waals surface area contributed by atoms with E-state index in [9.17, 15) is 4.79 Å². The zero-order valence-electron chi connectivity index (χ0n) is 17.6. The molecule has 0 saturated heterocycles. The summed E-state index contributed by atoms with van der Waals surface area (Å²) in [7, 11) is 5.42. The third kappa shape index (κ3) is 7.92. The van der Waals surface area contributed by atoms with Crippen LogP contribution in [0.2, 0.25) is 0 Å². The number of hydrogen-bond donors (Lipinski definition) is 2. The summed E-state index contributed by atoms with van der Waals surface area (Å²) in [6.07, 6.45) is 0.920. The third-order valence-electron chi connectivity index (χ3n) is 4.33. The summed E-state index contributed by atoms with van der Waals surface area (Å²) in [5.41, 5.74) is 2.87. The number of hydrogen-bond acceptors (Lipinski definition) is 3. The van der Waals surface area contributed by atoms with Crippen LogP contribution in [-0.4, -0.2) is 44.5 Å². The van der Waals surface area contributed by atoms with Crippen molar-refractivity contribution in [2.24, 2.45) is 4.99 Å². The number of rotatable bonds is 8. The molecule has 0 aliphatic carbocycles. The van der Waals surface area contributed by atoms with Gasteiger partial charge in [0.15, 0.2) is 5.96 Å². The van der Waals surface area contributed by atoms with Crippen LogP contribution in [0.3, 0.4) is 0 Å². The van der Waals surface area contributed by atoms with E-state index in [1.54, 1.807) is 14.2 Å². The normalized spacial score (nSPS) is 10.7. The molecule has 0 spiro atoms. The molecule has 0 heterocycles. The number of carbonyl (C=O) groups excluding carboxylic acids is 1. The first-order valence-electron chi connectivity index (χ1n) is 9.49. The Morgan fingerprint density at radius 3 is 2.45 bits per heavy atom. The Kier molecular flexibility index (Phi) is 11.1. The minimum atomic E-state index is -0.0373. The molecular weight excluding hydrogens is 479 g/mol. The maximum absolute atomic E-state index is 12.1. The largest absolute Gasteiger partial charge is 0.497 e. The van der Waals surface area contributed by atoms with Gasteiger partial charge in [-0.1, -0.05) is 31.2 Å². The zero-order chi connectivity index (χ0) is 20.4. The fourth-order valence-electron chi connectivity index (χ4n) is 2.81. The first-order valence-corrected chi connectivity index (χ1v) is 9.49. The fraction of sp³-hybridized carbons (Fsp3) is 0.364. The van der Waals surface area contributed by atoms with E-state index in [0.29, 0.717) is 18.7 Å². The Hall–Kier alpha value is -2.29. The summed E-state index contributed by atoms with van der Waals surface area (Å²) in [5.74, 6) is 1.60. The minimum Gasteiger partial charge on any atom is -0.497 e. The standard InChI is InChI=1S/C22H30N4O2.HI/c1-5-13-24-21(27)19-8-6-7-18(14-19)15-25-22(23-2)26(3)16-17-9-11-20(28-4)12-10-17;/h6-12,14H,5,13,15-16H2,1-4H3,(H,23,25)(H,24,27);1H. The van der Waals surface area contributed by atoms with E-state index >= 15 is 0 Å². The van der Waals surface area contributed by atoms with Gasteiger partial charge in [-0.05, 0) is 41.8 Å². The average molecular weight is 510 g/mol. The zero-order valence-corrected chi connectivity index (χ0v) is 19.9. The van der Waals surface area contributed by atoms with Crippen LogP contribution in [0, 0.1) is 0 Å². The second kappa shape index (κ2) is 13.0. The van der Waals surface area contributed by atoms with Gasteiger partial charge in [0.25, 0.3) is 5.91 Å². The molecule has 0 bridgehead atoms. The van der Waals surface area contributed by atoms with Crippen molar-refractivity contribution in [1.29, 1.82) is 0 Å². The second-order valence-corrected chi connectivity index (χ2v) is 6.56. The number of guanidine groups is 1. The number of ether oxygens (including phenoxy) is 1. The molecule has 2 N–H and O–H groups in total. The average Bonchev–Trinajstić information content (AvgIpc) is 2.73. The SMILES string of the molecule is CCCNC(=O)c1cccc(CNC(=NC)N(C)Cc2ccc(OC)cc2)c1.I. The number of methoxy groups -OCH3 is 1. The van der Waals surface area contributed by atoms with Gasteiger partial charge in [0.2, 0.25) is 0 Å². The number of benzene rings is 2. The highest BCUT2D eigenvalue weighted by molar-refractivity contribution is 14.0. The van der Waals surface area contributed by atoms with Gasteiger partial charge in [0, 0.05) is 39.3 Å². The third-order valence-corrected chi connectivity index (χ3v) is 4.33. The van der Waals surface area contributed by atoms with Crippen molar-refractivity contribution in [1.82, 2.24) is 15.5 Å². The van der Waals surface area contributed by atoms with Gasteiger partial charge >= 0.3 is 0 Å². The highest BCUT2D eigenvalue weighted by atomic mass is 127. The van der Waals surface area contributed by atoms with E-state index in [1.807, 2.05) is 62.5 Å². The predicted molar refractivity (Wildman–Crippen MR) is 129 cm³/mol. The summed E-state index contributed by atoms with van der Waals surface area (Å²) < 4.78 is 5.20. The van der Waals surface area contributed by atoms with Crippen molar-refractivity contribution in [2.75, 3.05) is 27.7 Å². The van der Waals surface area contributed by atoms with Crippen molar-refractivity contribution in [3.63, 3.8) is 0 Å². The highest BCUT2D eigenvalue weighted by Gasteiger charge is 2.09. The van der Waals surface area contributed by atoms with E-state index in [4.69, 9.17) is 4.74 Å². The van der Waals surface area contributed by atoms with Crippen molar-refractivity contribution in [3.8, 4) is 5.75 Å². The van der Waals surface area contributed by atoms with Crippen LogP contribution in [0.15, 0.2) is 53.5 Å². The number of halogens is 1. The molecule has 29 heavy (non-hydrogen) atoms. The molecule has 2 aromatic carbocycles. The van der Waals surface area contributed by atoms with Gasteiger partial charge in [-0.15, -0.1) is 24.0 Å². The van der Waals surface area contributed by atoms with Crippen LogP contribution >= 0.6 is 24.0 Å². The fourth-order valence-corrected chi connectivity index (χ4v) is 2.81. The Labute approximate surface area is 190 Å². The van der Waals surface area contributed by atoms with E-state index in [1.165, 1.54) is 5.56 Å². The van der Waals surface area contributed by atoms with Crippen LogP contribution < -0.4 is 15.4 Å². The number of aliphatic imine (C=N–C) groups is 1. The van der Waals surface area contributed by atoms with Gasteiger partial charge in [0.1, 0.15) is 5.75 Å². The van der Waals surface area contributed by atoms with Crippen molar-refractivity contribution >= 4 is 35.8 Å². The molecule has 2 aromatic rings. The summed E-state index contributed by atoms with van der Waals surface area (Å²) in [4.78, 5) is 18.5. The lowest BCUT2D eigenvalue weighted by Crippen LogP contribution is -2.38. The molecule has 0 fully saturated rings. The maximum atomic E-state index is 12.1. The topological polar surface area (TPSA) is 66.0 Å². The lowest BCUT2D eigenvalue weighted by molar-refractivity contribution is 0.0953. The van der Waals surface area contributed by atoms with Crippen LogP contribution in [0.1, 0.15) is 34.8 Å². The van der Waals surface area contributed by atoms with Crippen molar-refractivity contribution < 1.29 is 9.53 Å². The summed E-state index contributed by atoms with van der Waals surface area (Å²) >= 11 is 0. The molecule has 0 atom stereocenters. The van der Waals surface area contributed by atoms with Gasteiger partial charge < -0.3 is 20.3 Å². The number of amides is 1. The monoisotopic (exact) mass is 510 g/mol. The Morgan fingerprint density at radius 2 is 1.83 bits per heavy atom. The maximum Gasteiger partial charge on any atom is 0.251 e. The molecule has 0 aliphatic rings. The van der Waals surface area contributed by atoms with E-state index in [-0.39, 0.29) is 29.9 Å². The number of nitrogens with zero attached hydrogens (tertiary/aromatic N) is 2. The van der Waals surface area contributed by atoms with Crippen LogP contribution in [0.4, 0.5) is 0 Å². The number of nitrogens with one attached hydrogen (secondary N) is 2. The Balaban J connectivity index is 0.00000420. The lowest BCUT2D eigenvalue weighted by atomic mass is 10.1. The predicted octanol–water partition coefficient (Wildman–Crippen LogP) is 3.66. The molecule has 7 heteroatoms.